The van der Waals surface area contributed by atoms with Crippen LogP contribution in [-0.4, -0.2) is 78.7 Å². The SMILES string of the molecule is CN[C@@H]1COC[C@H](CCOP(=O)(O)S)[C@@H](OP(=O)(S)OC[C@@H]2CC[C@H](n3cnc(C=O)c3NNSC)O2)C1. The molecule has 0 bridgehead atoms. The van der Waals surface area contributed by atoms with Crippen molar-refractivity contribution in [3.05, 3.63) is 12.0 Å². The standard InChI is InChI=1S/C19H35N5O9P2S3/c1-20-14-7-17(13(9-29-10-14)5-6-30-34(26,27)36)33-35(28,37)31-11-15-3-4-18(32-15)24-12-21-16(8-25)19(24)22-23-38-2/h8,12-15,17-18,20,22-23H,3-7,9-11H2,1-2H3,(H,28,37)(H2,26,27,36)/t13-,14-,15-,17-,18+,35?/m0/s1. The Kier molecular flexibility index (Phi) is 13.0. The van der Waals surface area contributed by atoms with Crippen LogP contribution in [0, 0.1) is 5.92 Å². The molecule has 218 valence electrons. The molecule has 0 aromatic carbocycles. The van der Waals surface area contributed by atoms with E-state index in [-0.39, 0.29) is 43.6 Å². The monoisotopic (exact) mass is 635 g/mol. The van der Waals surface area contributed by atoms with Gasteiger partial charge in [0.1, 0.15) is 11.9 Å². The lowest BCUT2D eigenvalue weighted by molar-refractivity contribution is -0.0211. The van der Waals surface area contributed by atoms with E-state index in [0.29, 0.717) is 44.4 Å². The molecule has 14 nitrogen and oxygen atoms in total. The molecule has 3 heterocycles. The fraction of sp³-hybridized carbons (Fsp3) is 0.789. The first-order valence-corrected chi connectivity index (χ1v) is 18.5. The predicted octanol–water partition coefficient (Wildman–Crippen LogP) is 3.07. The van der Waals surface area contributed by atoms with Gasteiger partial charge < -0.3 is 24.2 Å². The first-order valence-electron chi connectivity index (χ1n) is 11.9. The fourth-order valence-corrected chi connectivity index (χ4v) is 6.60. The highest BCUT2D eigenvalue weighted by Crippen LogP contribution is 2.56. The highest BCUT2D eigenvalue weighted by molar-refractivity contribution is 8.44. The van der Waals surface area contributed by atoms with Crippen molar-refractivity contribution >= 4 is 62.1 Å². The van der Waals surface area contributed by atoms with Gasteiger partial charge in [-0.2, -0.15) is 4.83 Å². The summed E-state index contributed by atoms with van der Waals surface area (Å²) in [5, 5.41) is 3.13. The number of imidazole rings is 1. The number of carbonyl (C=O) groups is 1. The van der Waals surface area contributed by atoms with E-state index < -0.39 is 25.9 Å². The van der Waals surface area contributed by atoms with Crippen molar-refractivity contribution in [3.8, 4) is 0 Å². The lowest BCUT2D eigenvalue weighted by Crippen LogP contribution is -2.34. The van der Waals surface area contributed by atoms with Gasteiger partial charge in [-0.15, -0.1) is 0 Å². The number of aldehydes is 1. The second-order valence-corrected chi connectivity index (χ2v) is 15.0. The number of ether oxygens (including phenoxy) is 2. The maximum atomic E-state index is 13.2. The third kappa shape index (κ3) is 10.1. The van der Waals surface area contributed by atoms with Crippen LogP contribution in [0.25, 0.3) is 0 Å². The van der Waals surface area contributed by atoms with E-state index in [0.717, 1.165) is 0 Å². The largest absolute Gasteiger partial charge is 0.386 e. The van der Waals surface area contributed by atoms with Crippen LogP contribution in [0.4, 0.5) is 5.82 Å². The Labute approximate surface area is 236 Å². The van der Waals surface area contributed by atoms with Gasteiger partial charge in [-0.05, 0) is 39.0 Å². The third-order valence-electron chi connectivity index (χ3n) is 6.14. The number of hydrazine groups is 1. The van der Waals surface area contributed by atoms with E-state index in [9.17, 15) is 18.8 Å². The maximum Gasteiger partial charge on any atom is 0.386 e. The Morgan fingerprint density at radius 1 is 1.32 bits per heavy atom. The second kappa shape index (κ2) is 15.2. The van der Waals surface area contributed by atoms with Gasteiger partial charge in [0.2, 0.25) is 0 Å². The lowest BCUT2D eigenvalue weighted by atomic mass is 9.96. The summed E-state index contributed by atoms with van der Waals surface area (Å²) >= 11 is 9.04. The minimum Gasteiger partial charge on any atom is -0.379 e. The molecule has 1 aromatic heterocycles. The first kappa shape index (κ1) is 32.4. The fourth-order valence-electron chi connectivity index (χ4n) is 4.23. The molecule has 3 rings (SSSR count). The smallest absolute Gasteiger partial charge is 0.379 e. The molecule has 2 saturated heterocycles. The number of hydrogen-bond acceptors (Lipinski definition) is 13. The van der Waals surface area contributed by atoms with Gasteiger partial charge in [0, 0.05) is 12.0 Å². The summed E-state index contributed by atoms with van der Waals surface area (Å²) in [6.07, 6.45) is 4.69. The van der Waals surface area contributed by atoms with Gasteiger partial charge in [-0.3, -0.25) is 23.8 Å². The Morgan fingerprint density at radius 3 is 2.79 bits per heavy atom. The number of hydrogen-bond donors (Lipinski definition) is 6. The van der Waals surface area contributed by atoms with Crippen LogP contribution in [0.1, 0.15) is 42.4 Å². The van der Waals surface area contributed by atoms with Crippen LogP contribution < -0.4 is 15.6 Å². The van der Waals surface area contributed by atoms with Gasteiger partial charge in [0.25, 0.3) is 0 Å². The number of nitrogens with one attached hydrogen (secondary N) is 3. The van der Waals surface area contributed by atoms with Gasteiger partial charge in [0.05, 0.1) is 45.0 Å². The van der Waals surface area contributed by atoms with E-state index in [1.54, 1.807) is 11.6 Å². The number of likely N-dealkylation sites (N-methyl/N-ethyl adjacent to an activating group) is 1. The summed E-state index contributed by atoms with van der Waals surface area (Å²) in [7, 11) is 1.79. The van der Waals surface area contributed by atoms with Crippen LogP contribution in [0.15, 0.2) is 6.33 Å². The Balaban J connectivity index is 1.57. The molecule has 2 unspecified atom stereocenters. The van der Waals surface area contributed by atoms with Crippen molar-refractivity contribution in [3.63, 3.8) is 0 Å². The summed E-state index contributed by atoms with van der Waals surface area (Å²) in [4.78, 5) is 27.6. The minimum absolute atomic E-state index is 0.0157. The summed E-state index contributed by atoms with van der Waals surface area (Å²) < 4.78 is 54.4. The van der Waals surface area contributed by atoms with E-state index in [4.69, 9.17) is 23.0 Å². The van der Waals surface area contributed by atoms with Crippen molar-refractivity contribution < 1.29 is 41.9 Å². The summed E-state index contributed by atoms with van der Waals surface area (Å²) in [5.74, 6) is 0.197. The van der Waals surface area contributed by atoms with Crippen molar-refractivity contribution in [1.82, 2.24) is 19.7 Å². The molecule has 4 N–H and O–H groups in total. The van der Waals surface area contributed by atoms with Crippen LogP contribution >= 0.6 is 50.0 Å². The summed E-state index contributed by atoms with van der Waals surface area (Å²) in [6.45, 7) is -7.08. The molecule has 0 radical (unpaired) electrons. The summed E-state index contributed by atoms with van der Waals surface area (Å²) in [6, 6.07) is -0.0539. The number of nitrogens with zero attached hydrogens (tertiary/aromatic N) is 2. The maximum absolute atomic E-state index is 13.2. The van der Waals surface area contributed by atoms with Crippen molar-refractivity contribution in [1.29, 1.82) is 0 Å². The van der Waals surface area contributed by atoms with E-state index >= 15 is 0 Å². The molecule has 1 aromatic rings. The molecule has 2 aliphatic rings. The van der Waals surface area contributed by atoms with Gasteiger partial charge in [0.15, 0.2) is 12.1 Å². The van der Waals surface area contributed by atoms with Gasteiger partial charge in [-0.1, -0.05) is 36.4 Å². The number of rotatable bonds is 15. The average molecular weight is 636 g/mol. The first-order chi connectivity index (χ1) is 18.0. The van der Waals surface area contributed by atoms with Crippen LogP contribution in [0.2, 0.25) is 0 Å². The normalized spacial score (nSPS) is 29.3. The van der Waals surface area contributed by atoms with E-state index in [2.05, 4.69) is 45.1 Å². The quantitative estimate of drug-likeness (QED) is 0.0546. The van der Waals surface area contributed by atoms with Crippen molar-refractivity contribution in [2.24, 2.45) is 5.92 Å². The average Bonchev–Trinajstić information content (AvgIpc) is 3.45. The minimum atomic E-state index is -3.92. The number of anilines is 1. The zero-order valence-electron chi connectivity index (χ0n) is 21.0. The highest BCUT2D eigenvalue weighted by Gasteiger charge is 2.36. The van der Waals surface area contributed by atoms with Crippen LogP contribution in [-0.2, 0) is 32.2 Å². The summed E-state index contributed by atoms with van der Waals surface area (Å²) in [5.41, 5.74) is 3.17. The Morgan fingerprint density at radius 2 is 2.11 bits per heavy atom. The predicted molar refractivity (Wildman–Crippen MR) is 150 cm³/mol. The molecule has 0 saturated carbocycles. The highest BCUT2D eigenvalue weighted by atomic mass is 32.7. The van der Waals surface area contributed by atoms with Crippen molar-refractivity contribution in [2.75, 3.05) is 45.2 Å². The van der Waals surface area contributed by atoms with Gasteiger partial charge >= 0.3 is 13.6 Å². The van der Waals surface area contributed by atoms with Crippen LogP contribution in [0.3, 0.4) is 0 Å². The molecule has 2 aliphatic heterocycles. The number of carbonyl (C=O) groups excluding carboxylic acids is 1. The lowest BCUT2D eigenvalue weighted by Gasteiger charge is -2.28. The zero-order chi connectivity index (χ0) is 27.8. The molecular formula is C19H35N5O9P2S3. The van der Waals surface area contributed by atoms with E-state index in [1.165, 1.54) is 18.3 Å². The molecule has 38 heavy (non-hydrogen) atoms. The molecule has 0 spiro atoms. The third-order valence-corrected chi connectivity index (χ3v) is 8.96. The molecular weight excluding hydrogens is 600 g/mol. The van der Waals surface area contributed by atoms with Crippen LogP contribution in [0.5, 0.6) is 0 Å². The molecule has 0 aliphatic carbocycles. The molecule has 19 heteroatoms. The van der Waals surface area contributed by atoms with Crippen molar-refractivity contribution in [2.45, 2.75) is 50.2 Å². The number of aromatic nitrogens is 2. The molecule has 0 amide bonds. The van der Waals surface area contributed by atoms with Gasteiger partial charge in [-0.25, -0.2) is 14.1 Å². The molecule has 7 atom stereocenters. The number of thiol groups is 2. The zero-order valence-corrected chi connectivity index (χ0v) is 25.4. The second-order valence-electron chi connectivity index (χ2n) is 8.76. The van der Waals surface area contributed by atoms with E-state index in [1.807, 2.05) is 6.26 Å². The topological polar surface area (TPSA) is 172 Å². The Hall–Kier alpha value is -0.130. The molecule has 2 fully saturated rings. The Bertz CT molecular complexity index is 1000.